The van der Waals surface area contributed by atoms with Gasteiger partial charge in [-0.15, -0.1) is 0 Å². The van der Waals surface area contributed by atoms with Crippen LogP contribution in [0.4, 0.5) is 0 Å². The minimum Gasteiger partial charge on any atom is -0.373 e. The standard InChI is InChI=1S/C19H26N2O3/c1-13-5-15(9-20-8-13)10-23-16-3-4-24-19(7-16)11-21(12-19)18(22)17-6-14(17)2/h5,8-9,14,16-17H,3-4,6-7,10-12H2,1-2H3. The number of ether oxygens (including phenoxy) is 2. The molecule has 0 radical (unpaired) electrons. The van der Waals surface area contributed by atoms with Gasteiger partial charge in [0.25, 0.3) is 0 Å². The number of hydrogen-bond donors (Lipinski definition) is 0. The quantitative estimate of drug-likeness (QED) is 0.850. The molecule has 1 aliphatic carbocycles. The summed E-state index contributed by atoms with van der Waals surface area (Å²) >= 11 is 0. The van der Waals surface area contributed by atoms with E-state index in [-0.39, 0.29) is 17.6 Å². The Kier molecular flexibility index (Phi) is 4.09. The van der Waals surface area contributed by atoms with Crippen LogP contribution in [-0.2, 0) is 20.9 Å². The Morgan fingerprint density at radius 3 is 2.96 bits per heavy atom. The van der Waals surface area contributed by atoms with Gasteiger partial charge in [-0.1, -0.05) is 13.0 Å². The second-order valence-electron chi connectivity index (χ2n) is 7.84. The van der Waals surface area contributed by atoms with E-state index in [0.717, 1.165) is 50.1 Å². The zero-order valence-corrected chi connectivity index (χ0v) is 14.5. The van der Waals surface area contributed by atoms with Gasteiger partial charge in [0.2, 0.25) is 5.91 Å². The van der Waals surface area contributed by atoms with Crippen LogP contribution in [0.2, 0.25) is 0 Å². The van der Waals surface area contributed by atoms with Gasteiger partial charge < -0.3 is 14.4 Å². The molecule has 2 saturated heterocycles. The summed E-state index contributed by atoms with van der Waals surface area (Å²) in [4.78, 5) is 18.5. The maximum absolute atomic E-state index is 12.3. The Bertz CT molecular complexity index is 627. The van der Waals surface area contributed by atoms with Crippen molar-refractivity contribution in [1.82, 2.24) is 9.88 Å². The molecule has 3 unspecified atom stereocenters. The van der Waals surface area contributed by atoms with Crippen LogP contribution in [0.5, 0.6) is 0 Å². The average molecular weight is 330 g/mol. The van der Waals surface area contributed by atoms with Crippen molar-refractivity contribution in [3.63, 3.8) is 0 Å². The van der Waals surface area contributed by atoms with Crippen molar-refractivity contribution in [1.29, 1.82) is 0 Å². The van der Waals surface area contributed by atoms with Gasteiger partial charge in [0.15, 0.2) is 0 Å². The molecule has 1 aromatic rings. The smallest absolute Gasteiger partial charge is 0.226 e. The summed E-state index contributed by atoms with van der Waals surface area (Å²) in [6, 6.07) is 2.11. The maximum Gasteiger partial charge on any atom is 0.226 e. The van der Waals surface area contributed by atoms with Gasteiger partial charge in [-0.3, -0.25) is 9.78 Å². The molecule has 1 saturated carbocycles. The molecule has 24 heavy (non-hydrogen) atoms. The van der Waals surface area contributed by atoms with Gasteiger partial charge in [0.05, 0.1) is 25.8 Å². The minimum absolute atomic E-state index is 0.165. The van der Waals surface area contributed by atoms with Gasteiger partial charge in [-0.05, 0) is 36.8 Å². The monoisotopic (exact) mass is 330 g/mol. The lowest BCUT2D eigenvalue weighted by Crippen LogP contribution is -2.67. The summed E-state index contributed by atoms with van der Waals surface area (Å²) in [7, 11) is 0. The molecule has 5 nitrogen and oxygen atoms in total. The van der Waals surface area contributed by atoms with E-state index in [1.807, 2.05) is 24.2 Å². The average Bonchev–Trinajstić information content (AvgIpc) is 3.27. The number of carbonyl (C=O) groups is 1. The fourth-order valence-corrected chi connectivity index (χ4v) is 3.96. The highest BCUT2D eigenvalue weighted by Gasteiger charge is 2.53. The Balaban J connectivity index is 1.28. The number of rotatable bonds is 4. The molecule has 130 valence electrons. The third-order valence-corrected chi connectivity index (χ3v) is 5.56. The molecule has 3 atom stereocenters. The lowest BCUT2D eigenvalue weighted by molar-refractivity contribution is -0.203. The van der Waals surface area contributed by atoms with Crippen molar-refractivity contribution in [3.8, 4) is 0 Å². The summed E-state index contributed by atoms with van der Waals surface area (Å²) < 4.78 is 12.1. The summed E-state index contributed by atoms with van der Waals surface area (Å²) in [5, 5.41) is 0. The van der Waals surface area contributed by atoms with Gasteiger partial charge in [-0.25, -0.2) is 0 Å². The van der Waals surface area contributed by atoms with Crippen LogP contribution in [0, 0.1) is 18.8 Å². The van der Waals surface area contributed by atoms with Crippen molar-refractivity contribution in [2.45, 2.75) is 51.4 Å². The lowest BCUT2D eigenvalue weighted by atomic mass is 9.84. The summed E-state index contributed by atoms with van der Waals surface area (Å²) in [6.45, 7) is 6.98. The molecule has 1 aromatic heterocycles. The Morgan fingerprint density at radius 1 is 1.46 bits per heavy atom. The SMILES string of the molecule is Cc1cncc(COC2CCOC3(C2)CN(C(=O)C2CC2C)C3)c1. The molecule has 3 aliphatic rings. The van der Waals surface area contributed by atoms with Gasteiger partial charge in [-0.2, -0.15) is 0 Å². The molecular formula is C19H26N2O3. The van der Waals surface area contributed by atoms with Crippen molar-refractivity contribution in [3.05, 3.63) is 29.6 Å². The molecule has 0 bridgehead atoms. The van der Waals surface area contributed by atoms with Crippen LogP contribution in [-0.4, -0.2) is 47.2 Å². The van der Waals surface area contributed by atoms with E-state index in [9.17, 15) is 4.79 Å². The Morgan fingerprint density at radius 2 is 2.25 bits per heavy atom. The first-order valence-electron chi connectivity index (χ1n) is 9.00. The second-order valence-corrected chi connectivity index (χ2v) is 7.84. The van der Waals surface area contributed by atoms with Crippen LogP contribution in [0.3, 0.4) is 0 Å². The third kappa shape index (κ3) is 3.20. The number of amides is 1. The van der Waals surface area contributed by atoms with E-state index >= 15 is 0 Å². The van der Waals surface area contributed by atoms with Crippen molar-refractivity contribution >= 4 is 5.91 Å². The van der Waals surface area contributed by atoms with E-state index < -0.39 is 0 Å². The molecule has 0 N–H and O–H groups in total. The highest BCUT2D eigenvalue weighted by molar-refractivity contribution is 5.82. The molecule has 1 amide bonds. The summed E-state index contributed by atoms with van der Waals surface area (Å²) in [6.07, 6.45) is 6.79. The van der Waals surface area contributed by atoms with Crippen LogP contribution in [0.15, 0.2) is 18.5 Å². The van der Waals surface area contributed by atoms with Crippen LogP contribution >= 0.6 is 0 Å². The normalized spacial score (nSPS) is 30.9. The van der Waals surface area contributed by atoms with Gasteiger partial charge in [0, 0.05) is 31.3 Å². The number of pyridine rings is 1. The van der Waals surface area contributed by atoms with E-state index in [1.54, 1.807) is 0 Å². The fourth-order valence-electron chi connectivity index (χ4n) is 3.96. The number of aromatic nitrogens is 1. The largest absolute Gasteiger partial charge is 0.373 e. The van der Waals surface area contributed by atoms with Crippen LogP contribution in [0.1, 0.15) is 37.3 Å². The fraction of sp³-hybridized carbons (Fsp3) is 0.684. The van der Waals surface area contributed by atoms with Gasteiger partial charge >= 0.3 is 0 Å². The molecule has 3 heterocycles. The molecule has 4 rings (SSSR count). The molecular weight excluding hydrogens is 304 g/mol. The minimum atomic E-state index is -0.165. The van der Waals surface area contributed by atoms with Crippen LogP contribution in [0.25, 0.3) is 0 Å². The number of likely N-dealkylation sites (tertiary alicyclic amines) is 1. The van der Waals surface area contributed by atoms with E-state index in [1.165, 1.54) is 0 Å². The molecule has 0 aromatic carbocycles. The van der Waals surface area contributed by atoms with Crippen molar-refractivity contribution in [2.24, 2.45) is 11.8 Å². The van der Waals surface area contributed by atoms with Crippen molar-refractivity contribution in [2.75, 3.05) is 19.7 Å². The van der Waals surface area contributed by atoms with Crippen LogP contribution < -0.4 is 0 Å². The van der Waals surface area contributed by atoms with Gasteiger partial charge in [0.1, 0.15) is 5.60 Å². The van der Waals surface area contributed by atoms with E-state index in [0.29, 0.717) is 18.4 Å². The molecule has 3 fully saturated rings. The van der Waals surface area contributed by atoms with Crippen molar-refractivity contribution < 1.29 is 14.3 Å². The summed E-state index contributed by atoms with van der Waals surface area (Å²) in [5.41, 5.74) is 2.10. The molecule has 2 aliphatic heterocycles. The number of carbonyl (C=O) groups excluding carboxylic acids is 1. The Hall–Kier alpha value is -1.46. The number of aryl methyl sites for hydroxylation is 1. The summed E-state index contributed by atoms with van der Waals surface area (Å²) in [5.74, 6) is 1.16. The number of nitrogens with zero attached hydrogens (tertiary/aromatic N) is 2. The first-order chi connectivity index (χ1) is 11.5. The molecule has 1 spiro atoms. The predicted octanol–water partition coefficient (Wildman–Crippen LogP) is 2.32. The number of hydrogen-bond acceptors (Lipinski definition) is 4. The predicted molar refractivity (Wildman–Crippen MR) is 89.3 cm³/mol. The third-order valence-electron chi connectivity index (χ3n) is 5.56. The highest BCUT2D eigenvalue weighted by Crippen LogP contribution is 2.43. The first kappa shape index (κ1) is 16.0. The van der Waals surface area contributed by atoms with E-state index in [4.69, 9.17) is 9.47 Å². The second kappa shape index (κ2) is 6.12. The maximum atomic E-state index is 12.3. The Labute approximate surface area is 143 Å². The zero-order chi connectivity index (χ0) is 16.7. The molecule has 5 heteroatoms. The zero-order valence-electron chi connectivity index (χ0n) is 14.5. The first-order valence-corrected chi connectivity index (χ1v) is 9.00. The van der Waals surface area contributed by atoms with E-state index in [2.05, 4.69) is 18.0 Å². The highest BCUT2D eigenvalue weighted by atomic mass is 16.5. The lowest BCUT2D eigenvalue weighted by Gasteiger charge is -2.53. The topological polar surface area (TPSA) is 51.7 Å².